The van der Waals surface area contributed by atoms with Crippen molar-refractivity contribution < 1.29 is 23.9 Å². The Morgan fingerprint density at radius 1 is 1.19 bits per heavy atom. The monoisotopic (exact) mass is 446 g/mol. The van der Waals surface area contributed by atoms with Crippen LogP contribution < -0.4 is 0 Å². The molecule has 32 heavy (non-hydrogen) atoms. The predicted octanol–water partition coefficient (Wildman–Crippen LogP) is 1.08. The zero-order valence-corrected chi connectivity index (χ0v) is 19.1. The zero-order valence-electron chi connectivity index (χ0n) is 19.1. The molecule has 0 bridgehead atoms. The summed E-state index contributed by atoms with van der Waals surface area (Å²) in [4.78, 5) is 47.5. The van der Waals surface area contributed by atoms with Crippen molar-refractivity contribution in [3.63, 3.8) is 0 Å². The Kier molecular flexibility index (Phi) is 8.99. The molecule has 0 aliphatic carbocycles. The second kappa shape index (κ2) is 11.9. The first-order chi connectivity index (χ1) is 15.5. The molecule has 2 amide bonds. The first kappa shape index (κ1) is 24.1. The van der Waals surface area contributed by atoms with E-state index in [1.165, 1.54) is 7.11 Å². The predicted molar refractivity (Wildman–Crippen MR) is 117 cm³/mol. The van der Waals surface area contributed by atoms with Gasteiger partial charge in [-0.2, -0.15) is 0 Å². The molecule has 9 heteroatoms. The topological polar surface area (TPSA) is 92.3 Å². The van der Waals surface area contributed by atoms with Crippen molar-refractivity contribution in [2.24, 2.45) is 0 Å². The van der Waals surface area contributed by atoms with E-state index in [9.17, 15) is 14.4 Å². The van der Waals surface area contributed by atoms with Gasteiger partial charge in [-0.1, -0.05) is 13.3 Å². The molecule has 2 aliphatic rings. The van der Waals surface area contributed by atoms with Crippen LogP contribution in [-0.4, -0.2) is 96.0 Å². The number of nitrogens with zero attached hydrogens (tertiary/aromatic N) is 4. The minimum Gasteiger partial charge on any atom is -0.469 e. The van der Waals surface area contributed by atoms with Crippen LogP contribution in [0.4, 0.5) is 0 Å². The highest BCUT2D eigenvalue weighted by Crippen LogP contribution is 2.20. The molecule has 0 unspecified atom stereocenters. The number of likely N-dealkylation sites (tertiary alicyclic amines) is 1. The molecule has 2 saturated heterocycles. The van der Waals surface area contributed by atoms with Crippen LogP contribution in [-0.2, 0) is 30.5 Å². The molecule has 1 aromatic heterocycles. The van der Waals surface area contributed by atoms with Gasteiger partial charge in [-0.3, -0.25) is 24.3 Å². The quantitative estimate of drug-likeness (QED) is 0.552. The van der Waals surface area contributed by atoms with Crippen LogP contribution in [0.3, 0.4) is 0 Å². The van der Waals surface area contributed by atoms with Crippen molar-refractivity contribution in [2.75, 3.05) is 46.4 Å². The fraction of sp³-hybridized carbons (Fsp3) is 0.652. The summed E-state index contributed by atoms with van der Waals surface area (Å²) in [7, 11) is 1.33. The number of pyridine rings is 1. The molecule has 0 radical (unpaired) electrons. The summed E-state index contributed by atoms with van der Waals surface area (Å²) in [5.74, 6) is -0.548. The largest absolute Gasteiger partial charge is 0.469 e. The summed E-state index contributed by atoms with van der Waals surface area (Å²) in [5, 5.41) is 0. The van der Waals surface area contributed by atoms with E-state index in [1.807, 2.05) is 12.1 Å². The van der Waals surface area contributed by atoms with Gasteiger partial charge >= 0.3 is 5.97 Å². The Balaban J connectivity index is 1.73. The van der Waals surface area contributed by atoms with Crippen LogP contribution in [0.15, 0.2) is 24.5 Å². The highest BCUT2D eigenvalue weighted by molar-refractivity contribution is 5.88. The van der Waals surface area contributed by atoms with E-state index in [2.05, 4.69) is 16.8 Å². The number of ether oxygens (including phenoxy) is 2. The molecule has 176 valence electrons. The van der Waals surface area contributed by atoms with Crippen LogP contribution in [0.5, 0.6) is 0 Å². The fourth-order valence-electron chi connectivity index (χ4n) is 4.35. The number of carbonyl (C=O) groups excluding carboxylic acids is 3. The van der Waals surface area contributed by atoms with E-state index in [0.717, 1.165) is 37.9 Å². The first-order valence-corrected chi connectivity index (χ1v) is 11.4. The summed E-state index contributed by atoms with van der Waals surface area (Å²) in [6.45, 7) is 5.06. The highest BCUT2D eigenvalue weighted by Gasteiger charge is 2.36. The van der Waals surface area contributed by atoms with E-state index in [4.69, 9.17) is 9.47 Å². The Morgan fingerprint density at radius 2 is 1.97 bits per heavy atom. The average Bonchev–Trinajstić information content (AvgIpc) is 2.99. The van der Waals surface area contributed by atoms with E-state index < -0.39 is 0 Å². The summed E-state index contributed by atoms with van der Waals surface area (Å²) < 4.78 is 10.9. The maximum Gasteiger partial charge on any atom is 0.307 e. The number of esters is 1. The number of rotatable bonds is 8. The van der Waals surface area contributed by atoms with Gasteiger partial charge < -0.3 is 19.3 Å². The Bertz CT molecular complexity index is 775. The van der Waals surface area contributed by atoms with Crippen LogP contribution in [0, 0.1) is 0 Å². The van der Waals surface area contributed by atoms with Crippen molar-refractivity contribution in [3.05, 3.63) is 30.1 Å². The Labute approximate surface area is 189 Å². The molecule has 0 spiro atoms. The normalized spacial score (nSPS) is 22.5. The van der Waals surface area contributed by atoms with Gasteiger partial charge in [-0.25, -0.2) is 0 Å². The number of carbonyl (C=O) groups is 3. The van der Waals surface area contributed by atoms with Gasteiger partial charge in [-0.05, 0) is 43.6 Å². The van der Waals surface area contributed by atoms with Gasteiger partial charge in [0.1, 0.15) is 0 Å². The molecule has 2 atom stereocenters. The lowest BCUT2D eigenvalue weighted by molar-refractivity contribution is -0.144. The van der Waals surface area contributed by atoms with Gasteiger partial charge in [0, 0.05) is 32.0 Å². The van der Waals surface area contributed by atoms with Crippen LogP contribution in [0.25, 0.3) is 0 Å². The van der Waals surface area contributed by atoms with Crippen molar-refractivity contribution in [1.82, 2.24) is 19.7 Å². The molecular weight excluding hydrogens is 412 g/mol. The van der Waals surface area contributed by atoms with Crippen molar-refractivity contribution in [3.8, 4) is 0 Å². The van der Waals surface area contributed by atoms with E-state index in [1.54, 1.807) is 22.2 Å². The average molecular weight is 447 g/mol. The lowest BCUT2D eigenvalue weighted by atomic mass is 10.0. The number of hydrogen-bond donors (Lipinski definition) is 0. The van der Waals surface area contributed by atoms with Crippen molar-refractivity contribution in [1.29, 1.82) is 0 Å². The van der Waals surface area contributed by atoms with Gasteiger partial charge in [0.15, 0.2) is 0 Å². The molecule has 0 saturated carbocycles. The summed E-state index contributed by atoms with van der Waals surface area (Å²) >= 11 is 0. The lowest BCUT2D eigenvalue weighted by Gasteiger charge is -2.37. The third kappa shape index (κ3) is 6.49. The molecule has 1 aromatic rings. The molecule has 2 fully saturated rings. The number of methoxy groups -OCH3 is 1. The van der Waals surface area contributed by atoms with Gasteiger partial charge in [0.05, 0.1) is 38.8 Å². The SMILES string of the molecule is CCN1CCCC[C@@H]1C(=O)N1CC(=O)N(CCC(=O)OC)C[C@H](OCc2ccncc2)C1. The molecule has 9 nitrogen and oxygen atoms in total. The first-order valence-electron chi connectivity index (χ1n) is 11.4. The standard InChI is InChI=1S/C23H34N4O5/c1-3-25-12-5-4-6-20(25)23(30)27-15-19(32-17-18-7-10-24-11-8-18)14-26(21(28)16-27)13-9-22(29)31-2/h7-8,10-11,19-20H,3-6,9,12-17H2,1-2H3/t19-,20+/m0/s1. The van der Waals surface area contributed by atoms with Gasteiger partial charge in [0.2, 0.25) is 11.8 Å². The smallest absolute Gasteiger partial charge is 0.307 e. The van der Waals surface area contributed by atoms with Gasteiger partial charge in [-0.15, -0.1) is 0 Å². The number of hydrogen-bond acceptors (Lipinski definition) is 7. The molecule has 2 aliphatic heterocycles. The number of amides is 2. The summed E-state index contributed by atoms with van der Waals surface area (Å²) in [6, 6.07) is 3.56. The fourth-order valence-corrected chi connectivity index (χ4v) is 4.35. The number of piperidine rings is 1. The summed E-state index contributed by atoms with van der Waals surface area (Å²) in [6.07, 6.45) is 6.09. The maximum absolute atomic E-state index is 13.4. The Morgan fingerprint density at radius 3 is 2.69 bits per heavy atom. The van der Waals surface area contributed by atoms with Crippen LogP contribution in [0.1, 0.15) is 38.2 Å². The maximum atomic E-state index is 13.4. The number of aromatic nitrogens is 1. The van der Waals surface area contributed by atoms with Crippen molar-refractivity contribution in [2.45, 2.75) is 51.4 Å². The van der Waals surface area contributed by atoms with Gasteiger partial charge in [0.25, 0.3) is 0 Å². The summed E-state index contributed by atoms with van der Waals surface area (Å²) in [5.41, 5.74) is 0.971. The zero-order chi connectivity index (χ0) is 22.9. The molecule has 0 N–H and O–H groups in total. The van der Waals surface area contributed by atoms with Crippen LogP contribution in [0.2, 0.25) is 0 Å². The minimum absolute atomic E-state index is 0.00315. The van der Waals surface area contributed by atoms with E-state index in [-0.39, 0.29) is 49.4 Å². The second-order valence-electron chi connectivity index (χ2n) is 8.31. The minimum atomic E-state index is -0.370. The van der Waals surface area contributed by atoms with Crippen LogP contribution >= 0.6 is 0 Å². The molecular formula is C23H34N4O5. The Hall–Kier alpha value is -2.52. The molecule has 3 heterocycles. The van der Waals surface area contributed by atoms with E-state index >= 15 is 0 Å². The highest BCUT2D eigenvalue weighted by atomic mass is 16.5. The third-order valence-electron chi connectivity index (χ3n) is 6.19. The second-order valence-corrected chi connectivity index (χ2v) is 8.31. The number of likely N-dealkylation sites (N-methyl/N-ethyl adjacent to an activating group) is 1. The third-order valence-corrected chi connectivity index (χ3v) is 6.19. The van der Waals surface area contributed by atoms with E-state index in [0.29, 0.717) is 19.7 Å². The lowest BCUT2D eigenvalue weighted by Crippen LogP contribution is -2.53. The molecule has 3 rings (SSSR count). The molecule has 0 aromatic carbocycles. The van der Waals surface area contributed by atoms with Crippen molar-refractivity contribution >= 4 is 17.8 Å².